The molecule has 0 radical (unpaired) electrons. The normalized spacial score (nSPS) is 15.0. The standard InChI is InChI=1S/C27H29F4NO/c1-8-18(9-2)26(33,24(3,4)5)21-13-10-17(14-22(21)27(29,30)31)20-12-11-19(15-23(20)28)25(6,7)16-32/h8-15,33H,1H2,2-7H3. The molecule has 2 aromatic rings. The van der Waals surface area contributed by atoms with E-state index in [1.807, 2.05) is 0 Å². The minimum Gasteiger partial charge on any atom is -0.380 e. The maximum atomic E-state index is 14.9. The molecule has 0 saturated carbocycles. The quantitative estimate of drug-likeness (QED) is 0.368. The van der Waals surface area contributed by atoms with E-state index in [9.17, 15) is 27.9 Å². The number of hydrogen-bond donors (Lipinski definition) is 1. The van der Waals surface area contributed by atoms with Crippen LogP contribution < -0.4 is 0 Å². The van der Waals surface area contributed by atoms with E-state index in [-0.39, 0.29) is 22.3 Å². The van der Waals surface area contributed by atoms with Gasteiger partial charge in [-0.15, -0.1) is 0 Å². The van der Waals surface area contributed by atoms with Crippen molar-refractivity contribution in [1.29, 1.82) is 5.26 Å². The molecule has 0 saturated heterocycles. The second-order valence-corrected chi connectivity index (χ2v) is 9.60. The number of alkyl halides is 3. The van der Waals surface area contributed by atoms with Crippen molar-refractivity contribution in [2.45, 2.75) is 58.7 Å². The van der Waals surface area contributed by atoms with E-state index >= 15 is 0 Å². The molecule has 176 valence electrons. The minimum atomic E-state index is -4.80. The van der Waals surface area contributed by atoms with E-state index in [4.69, 9.17) is 0 Å². The fraction of sp³-hybridized carbons (Fsp3) is 0.370. The van der Waals surface area contributed by atoms with Gasteiger partial charge in [-0.2, -0.15) is 18.4 Å². The van der Waals surface area contributed by atoms with E-state index < -0.39 is 34.0 Å². The van der Waals surface area contributed by atoms with Crippen molar-refractivity contribution in [3.8, 4) is 17.2 Å². The van der Waals surface area contributed by atoms with E-state index in [1.165, 1.54) is 42.5 Å². The van der Waals surface area contributed by atoms with Crippen LogP contribution in [0.3, 0.4) is 0 Å². The molecule has 1 N–H and O–H groups in total. The Hall–Kier alpha value is -2.91. The van der Waals surface area contributed by atoms with Gasteiger partial charge in [0, 0.05) is 11.1 Å². The van der Waals surface area contributed by atoms with Crippen LogP contribution in [0.5, 0.6) is 0 Å². The molecule has 33 heavy (non-hydrogen) atoms. The summed E-state index contributed by atoms with van der Waals surface area (Å²) in [5.41, 5.74) is -4.70. The van der Waals surface area contributed by atoms with Gasteiger partial charge in [-0.3, -0.25) is 0 Å². The number of rotatable bonds is 5. The molecule has 0 spiro atoms. The van der Waals surface area contributed by atoms with Gasteiger partial charge in [-0.25, -0.2) is 4.39 Å². The fourth-order valence-electron chi connectivity index (χ4n) is 3.93. The van der Waals surface area contributed by atoms with Crippen molar-refractivity contribution in [1.82, 2.24) is 0 Å². The van der Waals surface area contributed by atoms with Crippen molar-refractivity contribution in [2.24, 2.45) is 5.41 Å². The predicted molar refractivity (Wildman–Crippen MR) is 123 cm³/mol. The van der Waals surface area contributed by atoms with E-state index in [2.05, 4.69) is 12.6 Å². The Morgan fingerprint density at radius 3 is 2.03 bits per heavy atom. The summed E-state index contributed by atoms with van der Waals surface area (Å²) >= 11 is 0. The molecule has 2 rings (SSSR count). The SMILES string of the molecule is C=CC(=CC)C(O)(c1ccc(-c2ccc(C(C)(C)C#N)cc2F)cc1C(F)(F)F)C(C)(C)C. The zero-order chi connectivity index (χ0) is 25.4. The lowest BCUT2D eigenvalue weighted by Gasteiger charge is -2.43. The van der Waals surface area contributed by atoms with Crippen LogP contribution in [0.2, 0.25) is 0 Å². The Balaban J connectivity index is 2.83. The van der Waals surface area contributed by atoms with Crippen LogP contribution in [0, 0.1) is 22.6 Å². The first-order valence-electron chi connectivity index (χ1n) is 10.5. The lowest BCUT2D eigenvalue weighted by Crippen LogP contribution is -2.43. The molecule has 0 aliphatic carbocycles. The van der Waals surface area contributed by atoms with Gasteiger partial charge in [0.15, 0.2) is 0 Å². The highest BCUT2D eigenvalue weighted by molar-refractivity contribution is 5.67. The minimum absolute atomic E-state index is 0.0155. The molecule has 0 amide bonds. The number of benzene rings is 2. The third-order valence-electron chi connectivity index (χ3n) is 6.03. The van der Waals surface area contributed by atoms with Gasteiger partial charge in [0.25, 0.3) is 0 Å². The molecule has 6 heteroatoms. The Morgan fingerprint density at radius 2 is 1.61 bits per heavy atom. The number of allylic oxidation sites excluding steroid dienone is 1. The van der Waals surface area contributed by atoms with Crippen LogP contribution in [0.1, 0.15) is 58.2 Å². The highest BCUT2D eigenvalue weighted by Crippen LogP contribution is 2.50. The molecule has 0 aliphatic rings. The average molecular weight is 460 g/mol. The molecule has 2 nitrogen and oxygen atoms in total. The summed E-state index contributed by atoms with van der Waals surface area (Å²) in [6.07, 6.45) is -1.93. The van der Waals surface area contributed by atoms with E-state index in [0.29, 0.717) is 5.56 Å². The summed E-state index contributed by atoms with van der Waals surface area (Å²) in [7, 11) is 0. The average Bonchev–Trinajstić information content (AvgIpc) is 2.72. The lowest BCUT2D eigenvalue weighted by atomic mass is 9.66. The molecule has 0 heterocycles. The summed E-state index contributed by atoms with van der Waals surface area (Å²) in [4.78, 5) is 0. The molecule has 0 aromatic heterocycles. The molecule has 2 aromatic carbocycles. The summed E-state index contributed by atoms with van der Waals surface area (Å²) in [6.45, 7) is 13.5. The second kappa shape index (κ2) is 8.79. The topological polar surface area (TPSA) is 44.0 Å². The molecular formula is C27H29F4NO. The predicted octanol–water partition coefficient (Wildman–Crippen LogP) is 7.68. The summed E-state index contributed by atoms with van der Waals surface area (Å²) in [6, 6.07) is 9.57. The first-order valence-corrected chi connectivity index (χ1v) is 10.5. The van der Waals surface area contributed by atoms with Crippen molar-refractivity contribution in [3.05, 3.63) is 83.2 Å². The first kappa shape index (κ1) is 26.3. The molecule has 0 bridgehead atoms. The summed E-state index contributed by atoms with van der Waals surface area (Å²) in [5.74, 6) is -0.733. The Labute approximate surface area is 192 Å². The zero-order valence-corrected chi connectivity index (χ0v) is 19.7. The van der Waals surface area contributed by atoms with Crippen LogP contribution in [-0.2, 0) is 17.2 Å². The van der Waals surface area contributed by atoms with Crippen molar-refractivity contribution in [3.63, 3.8) is 0 Å². The highest BCUT2D eigenvalue weighted by atomic mass is 19.4. The molecule has 0 fully saturated rings. The van der Waals surface area contributed by atoms with Crippen LogP contribution in [0.4, 0.5) is 17.6 Å². The fourth-order valence-corrected chi connectivity index (χ4v) is 3.93. The lowest BCUT2D eigenvalue weighted by molar-refractivity contribution is -0.142. The van der Waals surface area contributed by atoms with Gasteiger partial charge in [-0.1, -0.05) is 63.8 Å². The molecule has 1 unspecified atom stereocenters. The van der Waals surface area contributed by atoms with E-state index in [1.54, 1.807) is 41.5 Å². The third kappa shape index (κ3) is 4.74. The van der Waals surface area contributed by atoms with Crippen LogP contribution >= 0.6 is 0 Å². The van der Waals surface area contributed by atoms with Crippen molar-refractivity contribution in [2.75, 3.05) is 0 Å². The summed E-state index contributed by atoms with van der Waals surface area (Å²) in [5, 5.41) is 20.9. The Bertz CT molecular complexity index is 1130. The third-order valence-corrected chi connectivity index (χ3v) is 6.03. The number of nitrogens with zero attached hydrogens (tertiary/aromatic N) is 1. The first-order chi connectivity index (χ1) is 15.0. The number of hydrogen-bond acceptors (Lipinski definition) is 2. The Morgan fingerprint density at radius 1 is 1.00 bits per heavy atom. The molecule has 1 atom stereocenters. The van der Waals surface area contributed by atoms with E-state index in [0.717, 1.165) is 6.07 Å². The second-order valence-electron chi connectivity index (χ2n) is 9.60. The van der Waals surface area contributed by atoms with Gasteiger partial charge in [0.1, 0.15) is 11.4 Å². The molecule has 0 aliphatic heterocycles. The van der Waals surface area contributed by atoms with Gasteiger partial charge in [0.2, 0.25) is 0 Å². The van der Waals surface area contributed by atoms with Crippen molar-refractivity contribution >= 4 is 0 Å². The summed E-state index contributed by atoms with van der Waals surface area (Å²) < 4.78 is 57.6. The van der Waals surface area contributed by atoms with Gasteiger partial charge in [-0.05, 0) is 55.0 Å². The Kier molecular flexibility index (Phi) is 7.02. The number of nitriles is 1. The van der Waals surface area contributed by atoms with Crippen LogP contribution in [0.25, 0.3) is 11.1 Å². The zero-order valence-electron chi connectivity index (χ0n) is 19.7. The smallest absolute Gasteiger partial charge is 0.380 e. The maximum Gasteiger partial charge on any atom is 0.416 e. The highest BCUT2D eigenvalue weighted by Gasteiger charge is 2.48. The monoisotopic (exact) mass is 459 g/mol. The molecular weight excluding hydrogens is 430 g/mol. The largest absolute Gasteiger partial charge is 0.416 e. The van der Waals surface area contributed by atoms with Crippen molar-refractivity contribution < 1.29 is 22.7 Å². The maximum absolute atomic E-state index is 14.9. The number of halogens is 4. The van der Waals surface area contributed by atoms with Gasteiger partial charge >= 0.3 is 6.18 Å². The van der Waals surface area contributed by atoms with Gasteiger partial charge < -0.3 is 5.11 Å². The number of aliphatic hydroxyl groups is 1. The van der Waals surface area contributed by atoms with Crippen LogP contribution in [-0.4, -0.2) is 5.11 Å². The van der Waals surface area contributed by atoms with Gasteiger partial charge in [0.05, 0.1) is 17.0 Å². The van der Waals surface area contributed by atoms with Crippen LogP contribution in [0.15, 0.2) is 60.7 Å².